The van der Waals surface area contributed by atoms with Crippen LogP contribution in [0.3, 0.4) is 0 Å². The van der Waals surface area contributed by atoms with Crippen LogP contribution in [0.5, 0.6) is 0 Å². The Morgan fingerprint density at radius 2 is 1.42 bits per heavy atom. The molecule has 66 valence electrons. The van der Waals surface area contributed by atoms with Gasteiger partial charge < -0.3 is 0 Å². The normalized spacial score (nSPS) is 35.3. The van der Waals surface area contributed by atoms with E-state index in [-0.39, 0.29) is 0 Å². The van der Waals surface area contributed by atoms with Crippen LogP contribution >= 0.6 is 0 Å². The lowest BCUT2D eigenvalue weighted by atomic mass is 9.76. The molecule has 2 aliphatic rings. The van der Waals surface area contributed by atoms with Gasteiger partial charge in [0.2, 0.25) is 0 Å². The lowest BCUT2D eigenvalue weighted by Crippen LogP contribution is -2.16. The standard InChI is InChI=1S/C12H18/c1-2-5-9-12(8-4-1)10-6-3-7-11-12/h4,6,8,10H,1-3,5,7,9,11H2. The lowest BCUT2D eigenvalue weighted by Gasteiger charge is -2.29. The van der Waals surface area contributed by atoms with E-state index in [0.29, 0.717) is 5.41 Å². The molecule has 0 aromatic heterocycles. The summed E-state index contributed by atoms with van der Waals surface area (Å²) < 4.78 is 0. The van der Waals surface area contributed by atoms with Crippen molar-refractivity contribution < 1.29 is 0 Å². The van der Waals surface area contributed by atoms with Crippen LogP contribution in [0.2, 0.25) is 0 Å². The molecule has 1 atom stereocenters. The number of rotatable bonds is 0. The zero-order valence-corrected chi connectivity index (χ0v) is 7.76. The second-order valence-corrected chi connectivity index (χ2v) is 4.18. The Morgan fingerprint density at radius 1 is 0.750 bits per heavy atom. The van der Waals surface area contributed by atoms with Crippen LogP contribution in [-0.4, -0.2) is 0 Å². The van der Waals surface area contributed by atoms with E-state index in [1.54, 1.807) is 0 Å². The number of hydrogen-bond donors (Lipinski definition) is 0. The maximum Gasteiger partial charge on any atom is 0.00610 e. The topological polar surface area (TPSA) is 0 Å². The first kappa shape index (κ1) is 8.10. The predicted molar refractivity (Wildman–Crippen MR) is 53.0 cm³/mol. The van der Waals surface area contributed by atoms with Gasteiger partial charge in [-0.2, -0.15) is 0 Å². The van der Waals surface area contributed by atoms with Crippen molar-refractivity contribution in [3.8, 4) is 0 Å². The molecule has 0 fully saturated rings. The highest BCUT2D eigenvalue weighted by Crippen LogP contribution is 2.39. The van der Waals surface area contributed by atoms with Crippen molar-refractivity contribution in [1.29, 1.82) is 0 Å². The summed E-state index contributed by atoms with van der Waals surface area (Å²) in [6, 6.07) is 0. The molecular formula is C12H18. The third kappa shape index (κ3) is 1.63. The molecule has 0 aromatic rings. The summed E-state index contributed by atoms with van der Waals surface area (Å²) in [5, 5.41) is 0. The minimum Gasteiger partial charge on any atom is -0.0877 e. The quantitative estimate of drug-likeness (QED) is 0.475. The largest absolute Gasteiger partial charge is 0.0877 e. The van der Waals surface area contributed by atoms with Crippen molar-refractivity contribution in [3.63, 3.8) is 0 Å². The van der Waals surface area contributed by atoms with Crippen LogP contribution in [-0.2, 0) is 0 Å². The van der Waals surface area contributed by atoms with E-state index in [1.807, 2.05) is 0 Å². The van der Waals surface area contributed by atoms with Gasteiger partial charge in [-0.15, -0.1) is 0 Å². The Morgan fingerprint density at radius 3 is 2.17 bits per heavy atom. The van der Waals surface area contributed by atoms with E-state index in [2.05, 4.69) is 24.3 Å². The van der Waals surface area contributed by atoms with Crippen molar-refractivity contribution in [2.75, 3.05) is 0 Å². The summed E-state index contributed by atoms with van der Waals surface area (Å²) in [7, 11) is 0. The molecule has 0 heteroatoms. The van der Waals surface area contributed by atoms with E-state index in [4.69, 9.17) is 0 Å². The Hall–Kier alpha value is -0.520. The second kappa shape index (κ2) is 3.47. The first-order chi connectivity index (χ1) is 5.91. The number of allylic oxidation sites excluding steroid dienone is 4. The van der Waals surface area contributed by atoms with E-state index in [1.165, 1.54) is 44.9 Å². The molecule has 2 aliphatic carbocycles. The lowest BCUT2D eigenvalue weighted by molar-refractivity contribution is 0.379. The highest BCUT2D eigenvalue weighted by atomic mass is 14.3. The minimum absolute atomic E-state index is 0.481. The molecule has 0 radical (unpaired) electrons. The summed E-state index contributed by atoms with van der Waals surface area (Å²) >= 11 is 0. The summed E-state index contributed by atoms with van der Waals surface area (Å²) in [6.07, 6.45) is 19.3. The summed E-state index contributed by atoms with van der Waals surface area (Å²) in [5.74, 6) is 0. The van der Waals surface area contributed by atoms with Gasteiger partial charge in [-0.1, -0.05) is 30.7 Å². The van der Waals surface area contributed by atoms with Gasteiger partial charge in [0.1, 0.15) is 0 Å². The Bertz CT molecular complexity index is 200. The average molecular weight is 162 g/mol. The summed E-state index contributed by atoms with van der Waals surface area (Å²) in [6.45, 7) is 0. The molecule has 12 heavy (non-hydrogen) atoms. The van der Waals surface area contributed by atoms with Gasteiger partial charge in [0.25, 0.3) is 0 Å². The van der Waals surface area contributed by atoms with E-state index < -0.39 is 0 Å². The van der Waals surface area contributed by atoms with Gasteiger partial charge in [0.15, 0.2) is 0 Å². The first-order valence-electron chi connectivity index (χ1n) is 5.27. The van der Waals surface area contributed by atoms with Gasteiger partial charge in [-0.25, -0.2) is 0 Å². The van der Waals surface area contributed by atoms with Crippen LogP contribution in [0.15, 0.2) is 24.3 Å². The molecule has 2 rings (SSSR count). The fourth-order valence-electron chi connectivity index (χ4n) is 2.42. The van der Waals surface area contributed by atoms with Gasteiger partial charge in [0.05, 0.1) is 0 Å². The van der Waals surface area contributed by atoms with Crippen LogP contribution in [0.25, 0.3) is 0 Å². The Balaban J connectivity index is 2.15. The molecule has 0 heterocycles. The molecule has 1 spiro atoms. The molecular weight excluding hydrogens is 144 g/mol. The minimum atomic E-state index is 0.481. The van der Waals surface area contributed by atoms with E-state index in [0.717, 1.165) is 0 Å². The fourth-order valence-corrected chi connectivity index (χ4v) is 2.42. The van der Waals surface area contributed by atoms with Crippen LogP contribution in [0.4, 0.5) is 0 Å². The first-order valence-corrected chi connectivity index (χ1v) is 5.27. The number of hydrogen-bond acceptors (Lipinski definition) is 0. The zero-order valence-electron chi connectivity index (χ0n) is 7.76. The van der Waals surface area contributed by atoms with Crippen molar-refractivity contribution in [2.45, 2.75) is 44.9 Å². The monoisotopic (exact) mass is 162 g/mol. The van der Waals surface area contributed by atoms with Gasteiger partial charge >= 0.3 is 0 Å². The third-order valence-electron chi connectivity index (χ3n) is 3.18. The molecule has 0 aliphatic heterocycles. The molecule has 0 saturated heterocycles. The van der Waals surface area contributed by atoms with E-state index >= 15 is 0 Å². The van der Waals surface area contributed by atoms with Crippen molar-refractivity contribution >= 4 is 0 Å². The SMILES string of the molecule is C1=CC2(C=CCCC2)CCCC1. The van der Waals surface area contributed by atoms with E-state index in [9.17, 15) is 0 Å². The van der Waals surface area contributed by atoms with Gasteiger partial charge in [-0.05, 0) is 38.5 Å². The molecule has 0 N–H and O–H groups in total. The Labute approximate surface area is 75.4 Å². The highest BCUT2D eigenvalue weighted by molar-refractivity contribution is 5.15. The maximum atomic E-state index is 2.47. The van der Waals surface area contributed by atoms with Crippen molar-refractivity contribution in [1.82, 2.24) is 0 Å². The van der Waals surface area contributed by atoms with Gasteiger partial charge in [-0.3, -0.25) is 0 Å². The molecule has 0 aromatic carbocycles. The molecule has 0 saturated carbocycles. The molecule has 1 unspecified atom stereocenters. The fraction of sp³-hybridized carbons (Fsp3) is 0.667. The molecule has 0 nitrogen and oxygen atoms in total. The maximum absolute atomic E-state index is 2.47. The Kier molecular flexibility index (Phi) is 2.34. The smallest absolute Gasteiger partial charge is 0.00610 e. The molecule has 0 bridgehead atoms. The van der Waals surface area contributed by atoms with Crippen molar-refractivity contribution in [2.24, 2.45) is 5.41 Å². The summed E-state index contributed by atoms with van der Waals surface area (Å²) in [5.41, 5.74) is 0.481. The second-order valence-electron chi connectivity index (χ2n) is 4.18. The van der Waals surface area contributed by atoms with Crippen LogP contribution < -0.4 is 0 Å². The molecule has 0 amide bonds. The highest BCUT2D eigenvalue weighted by Gasteiger charge is 2.25. The van der Waals surface area contributed by atoms with Gasteiger partial charge in [0, 0.05) is 5.41 Å². The average Bonchev–Trinajstić information content (AvgIpc) is 2.33. The van der Waals surface area contributed by atoms with Crippen LogP contribution in [0, 0.1) is 5.41 Å². The zero-order chi connectivity index (χ0) is 8.28. The van der Waals surface area contributed by atoms with Crippen molar-refractivity contribution in [3.05, 3.63) is 24.3 Å². The summed E-state index contributed by atoms with van der Waals surface area (Å²) in [4.78, 5) is 0. The predicted octanol–water partition coefficient (Wildman–Crippen LogP) is 3.84. The third-order valence-corrected chi connectivity index (χ3v) is 3.18. The van der Waals surface area contributed by atoms with Crippen LogP contribution in [0.1, 0.15) is 44.9 Å².